The van der Waals surface area contributed by atoms with E-state index in [1.807, 2.05) is 30.3 Å². The molecule has 0 atom stereocenters. The molecule has 28 heavy (non-hydrogen) atoms. The number of carbonyl (C=O) groups excluding carboxylic acids is 1. The predicted molar refractivity (Wildman–Crippen MR) is 109 cm³/mol. The molecule has 2 aromatic carbocycles. The van der Waals surface area contributed by atoms with E-state index in [2.05, 4.69) is 10.5 Å². The van der Waals surface area contributed by atoms with Crippen LogP contribution < -0.4 is 14.9 Å². The van der Waals surface area contributed by atoms with Crippen LogP contribution in [-0.2, 0) is 4.79 Å². The third-order valence-electron chi connectivity index (χ3n) is 3.44. The summed E-state index contributed by atoms with van der Waals surface area (Å²) in [6, 6.07) is 18.0. The smallest absolute Gasteiger partial charge is 0.277 e. The number of hydrogen-bond donors (Lipinski definition) is 1. The highest BCUT2D eigenvalue weighted by Crippen LogP contribution is 2.29. The van der Waals surface area contributed by atoms with E-state index in [-0.39, 0.29) is 12.5 Å². The van der Waals surface area contributed by atoms with Gasteiger partial charge in [-0.05, 0) is 60.7 Å². The predicted octanol–water partition coefficient (Wildman–Crippen LogP) is 4.62. The topological polar surface area (TPSA) is 73.1 Å². The third-order valence-corrected chi connectivity index (χ3v) is 4.63. The van der Waals surface area contributed by atoms with Gasteiger partial charge in [0.15, 0.2) is 11.7 Å². The second-order valence-corrected chi connectivity index (χ2v) is 6.98. The molecule has 0 saturated heterocycles. The second kappa shape index (κ2) is 9.87. The number of nitrogens with one attached hydrogen (secondary N) is 1. The van der Waals surface area contributed by atoms with Crippen molar-refractivity contribution in [1.82, 2.24) is 5.43 Å². The molecular formula is C20H17ClN2O4S. The van der Waals surface area contributed by atoms with Crippen LogP contribution in [0.15, 0.2) is 80.2 Å². The summed E-state index contributed by atoms with van der Waals surface area (Å²) in [6.45, 7) is -0.153. The van der Waals surface area contributed by atoms with Crippen LogP contribution in [0.3, 0.4) is 0 Å². The van der Waals surface area contributed by atoms with E-state index >= 15 is 0 Å². The van der Waals surface area contributed by atoms with E-state index in [4.69, 9.17) is 25.5 Å². The third kappa shape index (κ3) is 6.07. The Morgan fingerprint density at radius 1 is 1.11 bits per heavy atom. The van der Waals surface area contributed by atoms with Gasteiger partial charge in [-0.2, -0.15) is 5.10 Å². The lowest BCUT2D eigenvalue weighted by Crippen LogP contribution is -2.24. The van der Waals surface area contributed by atoms with Gasteiger partial charge in [0.2, 0.25) is 0 Å². The zero-order valence-electron chi connectivity index (χ0n) is 14.9. The molecule has 0 unspecified atom stereocenters. The maximum atomic E-state index is 11.8. The fraction of sp³-hybridized carbons (Fsp3) is 0.100. The number of nitrogens with zero attached hydrogens (tertiary/aromatic N) is 1. The average molecular weight is 417 g/mol. The largest absolute Gasteiger partial charge is 0.497 e. The Kier molecular flexibility index (Phi) is 7.00. The number of benzene rings is 2. The van der Waals surface area contributed by atoms with E-state index in [9.17, 15) is 4.79 Å². The quantitative estimate of drug-likeness (QED) is 0.428. The Balaban J connectivity index is 1.44. The van der Waals surface area contributed by atoms with Crippen molar-refractivity contribution in [2.45, 2.75) is 9.99 Å². The molecule has 0 bridgehead atoms. The molecule has 0 saturated carbocycles. The van der Waals surface area contributed by atoms with E-state index in [0.29, 0.717) is 27.4 Å². The van der Waals surface area contributed by atoms with Crippen LogP contribution in [-0.4, -0.2) is 25.8 Å². The van der Waals surface area contributed by atoms with Gasteiger partial charge >= 0.3 is 0 Å². The van der Waals surface area contributed by atoms with E-state index in [0.717, 1.165) is 4.90 Å². The molecule has 0 aliphatic carbocycles. The Hall–Kier alpha value is -2.90. The number of hydrazone groups is 1. The Labute approximate surface area is 171 Å². The van der Waals surface area contributed by atoms with Crippen molar-refractivity contribution < 1.29 is 18.7 Å². The fourth-order valence-corrected chi connectivity index (χ4v) is 3.00. The van der Waals surface area contributed by atoms with E-state index < -0.39 is 0 Å². The van der Waals surface area contributed by atoms with Crippen molar-refractivity contribution in [2.75, 3.05) is 13.7 Å². The zero-order chi connectivity index (χ0) is 19.8. The molecule has 0 fully saturated rings. The van der Waals surface area contributed by atoms with Crippen LogP contribution in [0, 0.1) is 0 Å². The van der Waals surface area contributed by atoms with Crippen LogP contribution in [0.1, 0.15) is 5.76 Å². The summed E-state index contributed by atoms with van der Waals surface area (Å²) in [5.41, 5.74) is 2.39. The number of halogens is 1. The van der Waals surface area contributed by atoms with Crippen LogP contribution in [0.5, 0.6) is 11.5 Å². The van der Waals surface area contributed by atoms with Crippen LogP contribution in [0.25, 0.3) is 0 Å². The first-order chi connectivity index (χ1) is 13.6. The number of ether oxygens (including phenoxy) is 2. The molecule has 8 heteroatoms. The summed E-state index contributed by atoms with van der Waals surface area (Å²) in [7, 11) is 1.58. The highest BCUT2D eigenvalue weighted by molar-refractivity contribution is 7.99. The summed E-state index contributed by atoms with van der Waals surface area (Å²) >= 11 is 7.33. The minimum atomic E-state index is -0.380. The molecule has 1 N–H and O–H groups in total. The lowest BCUT2D eigenvalue weighted by Gasteiger charge is -2.05. The van der Waals surface area contributed by atoms with Gasteiger partial charge in [0.25, 0.3) is 5.91 Å². The molecule has 1 amide bonds. The molecule has 0 aliphatic heterocycles. The molecule has 0 spiro atoms. The zero-order valence-corrected chi connectivity index (χ0v) is 16.5. The second-order valence-electron chi connectivity index (χ2n) is 5.47. The minimum Gasteiger partial charge on any atom is -0.497 e. The highest BCUT2D eigenvalue weighted by Gasteiger charge is 2.04. The molecule has 6 nitrogen and oxygen atoms in total. The molecule has 3 rings (SSSR count). The first kappa shape index (κ1) is 19.9. The first-order valence-electron chi connectivity index (χ1n) is 8.24. The molecular weight excluding hydrogens is 400 g/mol. The Morgan fingerprint density at radius 3 is 2.54 bits per heavy atom. The molecule has 1 aromatic heterocycles. The van der Waals surface area contributed by atoms with Gasteiger partial charge in [0.05, 0.1) is 13.3 Å². The Morgan fingerprint density at radius 2 is 1.82 bits per heavy atom. The SMILES string of the molecule is COc1ccc(OCC(=O)N/N=C/c2ccc(Sc3ccc(Cl)cc3)o2)cc1. The monoisotopic (exact) mass is 416 g/mol. The van der Waals surface area contributed by atoms with Gasteiger partial charge in [-0.3, -0.25) is 4.79 Å². The van der Waals surface area contributed by atoms with Gasteiger partial charge in [-0.25, -0.2) is 5.43 Å². The van der Waals surface area contributed by atoms with Crippen molar-refractivity contribution >= 4 is 35.5 Å². The highest BCUT2D eigenvalue weighted by atomic mass is 35.5. The maximum Gasteiger partial charge on any atom is 0.277 e. The lowest BCUT2D eigenvalue weighted by molar-refractivity contribution is -0.123. The summed E-state index contributed by atoms with van der Waals surface area (Å²) in [6.07, 6.45) is 1.43. The molecule has 0 aliphatic rings. The number of amides is 1. The van der Waals surface area contributed by atoms with E-state index in [1.165, 1.54) is 18.0 Å². The summed E-state index contributed by atoms with van der Waals surface area (Å²) in [5.74, 6) is 1.42. The van der Waals surface area contributed by atoms with Crippen molar-refractivity contribution in [3.8, 4) is 11.5 Å². The number of rotatable bonds is 8. The maximum absolute atomic E-state index is 11.8. The van der Waals surface area contributed by atoms with Gasteiger partial charge in [-0.1, -0.05) is 23.4 Å². The van der Waals surface area contributed by atoms with Crippen molar-refractivity contribution in [1.29, 1.82) is 0 Å². The number of carbonyl (C=O) groups is 1. The van der Waals surface area contributed by atoms with Gasteiger partial charge in [0, 0.05) is 9.92 Å². The first-order valence-corrected chi connectivity index (χ1v) is 9.44. The molecule has 144 valence electrons. The summed E-state index contributed by atoms with van der Waals surface area (Å²) < 4.78 is 16.1. The van der Waals surface area contributed by atoms with Crippen LogP contribution >= 0.6 is 23.4 Å². The number of furan rings is 1. The normalized spacial score (nSPS) is 10.8. The fourth-order valence-electron chi connectivity index (χ4n) is 2.10. The van der Waals surface area contributed by atoms with Crippen molar-refractivity contribution in [3.05, 3.63) is 71.4 Å². The standard InChI is InChI=1S/C20H17ClN2O4S/c1-25-15-4-6-16(7-5-15)26-13-19(24)23-22-12-17-8-11-20(27-17)28-18-9-2-14(21)3-10-18/h2-12H,13H2,1H3,(H,23,24)/b22-12+. The number of methoxy groups -OCH3 is 1. The van der Waals surface area contributed by atoms with Gasteiger partial charge in [-0.15, -0.1) is 0 Å². The molecule has 0 radical (unpaired) electrons. The average Bonchev–Trinajstić information content (AvgIpc) is 3.16. The minimum absolute atomic E-state index is 0.153. The number of hydrogen-bond acceptors (Lipinski definition) is 6. The van der Waals surface area contributed by atoms with Crippen LogP contribution in [0.2, 0.25) is 5.02 Å². The van der Waals surface area contributed by atoms with Crippen LogP contribution in [0.4, 0.5) is 0 Å². The summed E-state index contributed by atoms with van der Waals surface area (Å²) in [5, 5.41) is 5.26. The van der Waals surface area contributed by atoms with Gasteiger partial charge in [0.1, 0.15) is 17.3 Å². The van der Waals surface area contributed by atoms with Crippen molar-refractivity contribution in [2.24, 2.45) is 5.10 Å². The van der Waals surface area contributed by atoms with E-state index in [1.54, 1.807) is 37.4 Å². The van der Waals surface area contributed by atoms with Gasteiger partial charge < -0.3 is 13.9 Å². The lowest BCUT2D eigenvalue weighted by atomic mass is 10.3. The Bertz CT molecular complexity index is 940. The molecule has 3 aromatic rings. The molecule has 1 heterocycles. The summed E-state index contributed by atoms with van der Waals surface area (Å²) in [4.78, 5) is 12.8. The van der Waals surface area contributed by atoms with Crippen molar-refractivity contribution in [3.63, 3.8) is 0 Å².